The lowest BCUT2D eigenvalue weighted by molar-refractivity contribution is 0.0920. The Morgan fingerprint density at radius 2 is 2.28 bits per heavy atom. The molecule has 1 aliphatic carbocycles. The molecule has 0 spiro atoms. The van der Waals surface area contributed by atoms with Crippen molar-refractivity contribution < 1.29 is 9.21 Å². The molecule has 2 atom stereocenters. The van der Waals surface area contributed by atoms with Crippen molar-refractivity contribution in [3.63, 3.8) is 0 Å². The Labute approximate surface area is 116 Å². The summed E-state index contributed by atoms with van der Waals surface area (Å²) in [4.78, 5) is 12.2. The van der Waals surface area contributed by atoms with Gasteiger partial charge < -0.3 is 9.73 Å². The van der Waals surface area contributed by atoms with Gasteiger partial charge in [-0.2, -0.15) is 0 Å². The van der Waals surface area contributed by atoms with Gasteiger partial charge in [0, 0.05) is 11.4 Å². The largest absolute Gasteiger partial charge is 0.466 e. The monoisotopic (exact) mass is 313 g/mol. The van der Waals surface area contributed by atoms with Crippen molar-refractivity contribution in [2.24, 2.45) is 5.92 Å². The van der Waals surface area contributed by atoms with Crippen LogP contribution in [0, 0.1) is 19.8 Å². The fraction of sp³-hybridized carbons (Fsp3) is 0.643. The molecule has 0 aliphatic heterocycles. The molecule has 18 heavy (non-hydrogen) atoms. The number of alkyl halides is 1. The molecule has 1 amide bonds. The van der Waals surface area contributed by atoms with Crippen molar-refractivity contribution in [1.29, 1.82) is 0 Å². The highest BCUT2D eigenvalue weighted by Gasteiger charge is 2.24. The number of halogens is 1. The van der Waals surface area contributed by atoms with Gasteiger partial charge in [0.2, 0.25) is 0 Å². The number of rotatable bonds is 3. The van der Waals surface area contributed by atoms with Gasteiger partial charge >= 0.3 is 0 Å². The summed E-state index contributed by atoms with van der Waals surface area (Å²) < 4.78 is 5.40. The van der Waals surface area contributed by atoms with E-state index in [0.717, 1.165) is 23.9 Å². The average Bonchev–Trinajstić information content (AvgIpc) is 2.69. The van der Waals surface area contributed by atoms with Crippen LogP contribution in [0.5, 0.6) is 0 Å². The van der Waals surface area contributed by atoms with Crippen LogP contribution >= 0.6 is 15.9 Å². The second-order valence-electron chi connectivity index (χ2n) is 5.18. The molecule has 1 heterocycles. The van der Waals surface area contributed by atoms with E-state index in [1.165, 1.54) is 12.8 Å². The molecule has 1 saturated carbocycles. The molecule has 2 rings (SSSR count). The maximum Gasteiger partial charge on any atom is 0.255 e. The zero-order chi connectivity index (χ0) is 13.1. The van der Waals surface area contributed by atoms with Crippen LogP contribution in [-0.4, -0.2) is 17.3 Å². The summed E-state index contributed by atoms with van der Waals surface area (Å²) in [6, 6.07) is 2.12. The SMILES string of the molecule is Cc1cc(C(=O)NC2CCCC(CBr)C2)c(C)o1. The van der Waals surface area contributed by atoms with E-state index in [1.807, 2.05) is 19.9 Å². The van der Waals surface area contributed by atoms with E-state index in [-0.39, 0.29) is 5.91 Å². The Balaban J connectivity index is 1.97. The maximum atomic E-state index is 12.2. The summed E-state index contributed by atoms with van der Waals surface area (Å²) in [5.74, 6) is 2.19. The third-order valence-electron chi connectivity index (χ3n) is 3.62. The fourth-order valence-electron chi connectivity index (χ4n) is 2.68. The Morgan fingerprint density at radius 1 is 1.50 bits per heavy atom. The normalized spacial score (nSPS) is 23.9. The quantitative estimate of drug-likeness (QED) is 0.867. The lowest BCUT2D eigenvalue weighted by Crippen LogP contribution is -2.38. The molecule has 0 bridgehead atoms. The molecule has 1 N–H and O–H groups in total. The van der Waals surface area contributed by atoms with Crippen LogP contribution in [-0.2, 0) is 0 Å². The predicted octanol–water partition coefficient (Wildman–Crippen LogP) is 3.58. The zero-order valence-electron chi connectivity index (χ0n) is 11.0. The molecule has 0 aromatic carbocycles. The lowest BCUT2D eigenvalue weighted by Gasteiger charge is -2.28. The van der Waals surface area contributed by atoms with Gasteiger partial charge in [-0.05, 0) is 45.1 Å². The summed E-state index contributed by atoms with van der Waals surface area (Å²) >= 11 is 3.54. The number of carbonyl (C=O) groups excluding carboxylic acids is 1. The second kappa shape index (κ2) is 5.91. The zero-order valence-corrected chi connectivity index (χ0v) is 12.5. The van der Waals surface area contributed by atoms with E-state index in [9.17, 15) is 4.79 Å². The number of furan rings is 1. The highest BCUT2D eigenvalue weighted by Crippen LogP contribution is 2.26. The first kappa shape index (κ1) is 13.7. The highest BCUT2D eigenvalue weighted by atomic mass is 79.9. The second-order valence-corrected chi connectivity index (χ2v) is 5.83. The molecule has 3 nitrogen and oxygen atoms in total. The smallest absolute Gasteiger partial charge is 0.255 e. The summed E-state index contributed by atoms with van der Waals surface area (Å²) in [6.45, 7) is 3.70. The van der Waals surface area contributed by atoms with Crippen LogP contribution in [0.4, 0.5) is 0 Å². The van der Waals surface area contributed by atoms with Crippen LogP contribution < -0.4 is 5.32 Å². The highest BCUT2D eigenvalue weighted by molar-refractivity contribution is 9.09. The van der Waals surface area contributed by atoms with Crippen LogP contribution in [0.3, 0.4) is 0 Å². The van der Waals surface area contributed by atoms with E-state index in [2.05, 4.69) is 21.2 Å². The van der Waals surface area contributed by atoms with Crippen LogP contribution in [0.1, 0.15) is 47.6 Å². The topological polar surface area (TPSA) is 42.2 Å². The van der Waals surface area contributed by atoms with Crippen molar-refractivity contribution >= 4 is 21.8 Å². The molecule has 4 heteroatoms. The van der Waals surface area contributed by atoms with Crippen molar-refractivity contribution in [2.45, 2.75) is 45.6 Å². The van der Waals surface area contributed by atoms with Gasteiger partial charge in [0.25, 0.3) is 5.91 Å². The first-order chi connectivity index (χ1) is 8.60. The number of hydrogen-bond acceptors (Lipinski definition) is 2. The van der Waals surface area contributed by atoms with Gasteiger partial charge in [0.15, 0.2) is 0 Å². The van der Waals surface area contributed by atoms with Gasteiger partial charge in [0.1, 0.15) is 11.5 Å². The Hall–Kier alpha value is -0.770. The fourth-order valence-corrected chi connectivity index (χ4v) is 3.27. The molecular weight excluding hydrogens is 294 g/mol. The molecule has 0 saturated heterocycles. The molecule has 1 fully saturated rings. The van der Waals surface area contributed by atoms with Gasteiger partial charge in [-0.3, -0.25) is 4.79 Å². The number of aryl methyl sites for hydroxylation is 2. The van der Waals surface area contributed by atoms with Crippen LogP contribution in [0.2, 0.25) is 0 Å². The molecule has 1 aliphatic rings. The number of carbonyl (C=O) groups is 1. The van der Waals surface area contributed by atoms with Crippen LogP contribution in [0.25, 0.3) is 0 Å². The lowest BCUT2D eigenvalue weighted by atomic mass is 9.87. The first-order valence-corrected chi connectivity index (χ1v) is 7.66. The van der Waals surface area contributed by atoms with Crippen molar-refractivity contribution in [1.82, 2.24) is 5.32 Å². The maximum absolute atomic E-state index is 12.2. The van der Waals surface area contributed by atoms with E-state index in [4.69, 9.17) is 4.42 Å². The van der Waals surface area contributed by atoms with E-state index in [0.29, 0.717) is 23.3 Å². The number of nitrogens with one attached hydrogen (secondary N) is 1. The standard InChI is InChI=1S/C14H20BrNO2/c1-9-6-13(10(2)18-9)14(17)16-12-5-3-4-11(7-12)8-15/h6,11-12H,3-5,7-8H2,1-2H3,(H,16,17). The van der Waals surface area contributed by atoms with Crippen LogP contribution in [0.15, 0.2) is 10.5 Å². The van der Waals surface area contributed by atoms with E-state index in [1.54, 1.807) is 0 Å². The molecule has 100 valence electrons. The Kier molecular flexibility index (Phi) is 4.49. The predicted molar refractivity (Wildman–Crippen MR) is 75.2 cm³/mol. The van der Waals surface area contributed by atoms with Crippen molar-refractivity contribution in [3.05, 3.63) is 23.2 Å². The number of hydrogen-bond donors (Lipinski definition) is 1. The average molecular weight is 314 g/mol. The minimum absolute atomic E-state index is 0.00423. The molecule has 1 aromatic rings. The third kappa shape index (κ3) is 3.16. The molecule has 1 aromatic heterocycles. The minimum atomic E-state index is 0.00423. The van der Waals surface area contributed by atoms with Gasteiger partial charge in [-0.1, -0.05) is 22.4 Å². The summed E-state index contributed by atoms with van der Waals surface area (Å²) in [5.41, 5.74) is 0.675. The van der Waals surface area contributed by atoms with Crippen molar-refractivity contribution in [2.75, 3.05) is 5.33 Å². The van der Waals surface area contributed by atoms with Gasteiger partial charge in [0.05, 0.1) is 5.56 Å². The van der Waals surface area contributed by atoms with E-state index < -0.39 is 0 Å². The third-order valence-corrected chi connectivity index (χ3v) is 4.54. The summed E-state index contributed by atoms with van der Waals surface area (Å²) in [5, 5.41) is 4.16. The number of amides is 1. The Bertz CT molecular complexity index is 427. The molecule has 0 radical (unpaired) electrons. The van der Waals surface area contributed by atoms with E-state index >= 15 is 0 Å². The Morgan fingerprint density at radius 3 is 2.89 bits per heavy atom. The summed E-state index contributed by atoms with van der Waals surface area (Å²) in [7, 11) is 0. The van der Waals surface area contributed by atoms with Gasteiger partial charge in [-0.15, -0.1) is 0 Å². The van der Waals surface area contributed by atoms with Crippen molar-refractivity contribution in [3.8, 4) is 0 Å². The van der Waals surface area contributed by atoms with Gasteiger partial charge in [-0.25, -0.2) is 0 Å². The first-order valence-electron chi connectivity index (χ1n) is 6.54. The molecule has 2 unspecified atom stereocenters. The minimum Gasteiger partial charge on any atom is -0.466 e. The molecular formula is C14H20BrNO2. The summed E-state index contributed by atoms with van der Waals surface area (Å²) in [6.07, 6.45) is 4.63.